The SMILES string of the molecule is CC(C)(C)OC(=O)Cn1ccc2nc(Br)cnc21. The number of aromatic nitrogens is 3. The van der Waals surface area contributed by atoms with Gasteiger partial charge in [0.1, 0.15) is 22.3 Å². The minimum Gasteiger partial charge on any atom is -0.459 e. The Morgan fingerprint density at radius 2 is 2.22 bits per heavy atom. The van der Waals surface area contributed by atoms with Gasteiger partial charge in [0.2, 0.25) is 0 Å². The summed E-state index contributed by atoms with van der Waals surface area (Å²) in [7, 11) is 0. The fourth-order valence-corrected chi connectivity index (χ4v) is 1.87. The lowest BCUT2D eigenvalue weighted by Gasteiger charge is -2.19. The number of fused-ring (bicyclic) bond motifs is 1. The van der Waals surface area contributed by atoms with Crippen LogP contribution in [0.2, 0.25) is 0 Å². The van der Waals surface area contributed by atoms with Crippen molar-refractivity contribution in [3.63, 3.8) is 0 Å². The van der Waals surface area contributed by atoms with Gasteiger partial charge >= 0.3 is 5.97 Å². The summed E-state index contributed by atoms with van der Waals surface area (Å²) in [5.41, 5.74) is 0.936. The van der Waals surface area contributed by atoms with Crippen LogP contribution in [0.1, 0.15) is 20.8 Å². The molecular weight excluding hydrogens is 298 g/mol. The molecule has 18 heavy (non-hydrogen) atoms. The Kier molecular flexibility index (Phi) is 3.38. The lowest BCUT2D eigenvalue weighted by molar-refractivity contribution is -0.155. The summed E-state index contributed by atoms with van der Waals surface area (Å²) in [5, 5.41) is 0. The molecule has 0 unspecified atom stereocenters. The van der Waals surface area contributed by atoms with Gasteiger partial charge in [-0.15, -0.1) is 0 Å². The maximum absolute atomic E-state index is 11.7. The Hall–Kier alpha value is -1.43. The first-order valence-corrected chi connectivity index (χ1v) is 6.34. The number of rotatable bonds is 2. The number of carbonyl (C=O) groups is 1. The van der Waals surface area contributed by atoms with Crippen LogP contribution in [0.4, 0.5) is 0 Å². The number of carbonyl (C=O) groups excluding carboxylic acids is 1. The molecule has 6 heteroatoms. The summed E-state index contributed by atoms with van der Waals surface area (Å²) in [6, 6.07) is 1.82. The zero-order chi connectivity index (χ0) is 13.3. The molecule has 96 valence electrons. The zero-order valence-corrected chi connectivity index (χ0v) is 12.1. The Morgan fingerprint density at radius 3 is 2.89 bits per heavy atom. The molecular formula is C12H14BrN3O2. The number of esters is 1. The summed E-state index contributed by atoms with van der Waals surface area (Å²) in [4.78, 5) is 20.2. The number of hydrogen-bond donors (Lipinski definition) is 0. The molecule has 0 amide bonds. The van der Waals surface area contributed by atoms with Crippen molar-refractivity contribution in [2.24, 2.45) is 0 Å². The van der Waals surface area contributed by atoms with Crippen molar-refractivity contribution < 1.29 is 9.53 Å². The second-order valence-corrected chi connectivity index (χ2v) is 5.74. The lowest BCUT2D eigenvalue weighted by Crippen LogP contribution is -2.26. The average Bonchev–Trinajstić information content (AvgIpc) is 2.57. The summed E-state index contributed by atoms with van der Waals surface area (Å²) in [6.07, 6.45) is 3.38. The largest absolute Gasteiger partial charge is 0.459 e. The van der Waals surface area contributed by atoms with Gasteiger partial charge in [0.05, 0.1) is 6.20 Å². The van der Waals surface area contributed by atoms with Crippen molar-refractivity contribution in [2.75, 3.05) is 0 Å². The highest BCUT2D eigenvalue weighted by molar-refractivity contribution is 9.10. The molecule has 0 aliphatic heterocycles. The smallest absolute Gasteiger partial charge is 0.326 e. The maximum Gasteiger partial charge on any atom is 0.326 e. The van der Waals surface area contributed by atoms with Gasteiger partial charge in [-0.1, -0.05) is 0 Å². The summed E-state index contributed by atoms with van der Waals surface area (Å²) < 4.78 is 7.66. The Labute approximate surface area is 113 Å². The molecule has 0 N–H and O–H groups in total. The third kappa shape index (κ3) is 3.07. The third-order valence-corrected chi connectivity index (χ3v) is 2.54. The molecule has 0 fully saturated rings. The van der Waals surface area contributed by atoms with Crippen molar-refractivity contribution in [1.29, 1.82) is 0 Å². The van der Waals surface area contributed by atoms with E-state index in [0.717, 1.165) is 5.52 Å². The van der Waals surface area contributed by atoms with E-state index in [4.69, 9.17) is 4.74 Å². The molecule has 2 aromatic heterocycles. The molecule has 0 aliphatic rings. The predicted octanol–water partition coefficient (Wildman–Crippen LogP) is 2.54. The number of nitrogens with zero attached hydrogens (tertiary/aromatic N) is 3. The van der Waals surface area contributed by atoms with E-state index in [9.17, 15) is 4.79 Å². The van der Waals surface area contributed by atoms with Crippen molar-refractivity contribution in [1.82, 2.24) is 14.5 Å². The van der Waals surface area contributed by atoms with E-state index in [-0.39, 0.29) is 12.5 Å². The van der Waals surface area contributed by atoms with Crippen LogP contribution < -0.4 is 0 Å². The van der Waals surface area contributed by atoms with Gasteiger partial charge in [-0.2, -0.15) is 0 Å². The monoisotopic (exact) mass is 311 g/mol. The molecule has 2 rings (SSSR count). The minimum absolute atomic E-state index is 0.136. The van der Waals surface area contributed by atoms with E-state index in [1.807, 2.05) is 26.8 Å². The van der Waals surface area contributed by atoms with Crippen molar-refractivity contribution >= 4 is 33.1 Å². The molecule has 0 aliphatic carbocycles. The third-order valence-electron chi connectivity index (χ3n) is 2.15. The second-order valence-electron chi connectivity index (χ2n) is 4.93. The van der Waals surface area contributed by atoms with Gasteiger partial charge in [0.25, 0.3) is 0 Å². The predicted molar refractivity (Wildman–Crippen MR) is 71.1 cm³/mol. The molecule has 0 spiro atoms. The number of halogens is 1. The van der Waals surface area contributed by atoms with Gasteiger partial charge < -0.3 is 9.30 Å². The van der Waals surface area contributed by atoms with E-state index in [0.29, 0.717) is 10.3 Å². The minimum atomic E-state index is -0.477. The van der Waals surface area contributed by atoms with Crippen LogP contribution >= 0.6 is 15.9 Å². The molecule has 2 heterocycles. The van der Waals surface area contributed by atoms with Crippen LogP contribution in [0.15, 0.2) is 23.1 Å². The maximum atomic E-state index is 11.7. The Morgan fingerprint density at radius 1 is 1.50 bits per heavy atom. The quantitative estimate of drug-likeness (QED) is 0.800. The standard InChI is InChI=1S/C12H14BrN3O2/c1-12(2,3)18-10(17)7-16-5-4-8-11(16)14-6-9(13)15-8/h4-6H,7H2,1-3H3. The van der Waals surface area contributed by atoms with Crippen molar-refractivity contribution in [3.8, 4) is 0 Å². The number of ether oxygens (including phenoxy) is 1. The normalized spacial score (nSPS) is 11.8. The first-order valence-electron chi connectivity index (χ1n) is 5.54. The van der Waals surface area contributed by atoms with Crippen LogP contribution in [0.25, 0.3) is 11.2 Å². The molecule has 0 saturated heterocycles. The molecule has 5 nitrogen and oxygen atoms in total. The highest BCUT2D eigenvalue weighted by atomic mass is 79.9. The molecule has 0 radical (unpaired) electrons. The number of hydrogen-bond acceptors (Lipinski definition) is 4. The van der Waals surface area contributed by atoms with Gasteiger partial charge in [0.15, 0.2) is 5.65 Å². The van der Waals surface area contributed by atoms with E-state index < -0.39 is 5.60 Å². The average molecular weight is 312 g/mol. The topological polar surface area (TPSA) is 57.0 Å². The fourth-order valence-electron chi connectivity index (χ4n) is 1.58. The van der Waals surface area contributed by atoms with E-state index in [1.54, 1.807) is 17.0 Å². The summed E-state index contributed by atoms with van der Waals surface area (Å²) >= 11 is 3.26. The van der Waals surface area contributed by atoms with Crippen LogP contribution in [0, 0.1) is 0 Å². The zero-order valence-electron chi connectivity index (χ0n) is 10.5. The lowest BCUT2D eigenvalue weighted by atomic mass is 10.2. The van der Waals surface area contributed by atoms with Crippen molar-refractivity contribution in [2.45, 2.75) is 32.9 Å². The van der Waals surface area contributed by atoms with Crippen LogP contribution in [0.5, 0.6) is 0 Å². The van der Waals surface area contributed by atoms with Crippen LogP contribution in [0.3, 0.4) is 0 Å². The Balaban J connectivity index is 2.20. The first-order chi connectivity index (χ1) is 8.35. The fraction of sp³-hybridized carbons (Fsp3) is 0.417. The second kappa shape index (κ2) is 4.68. The molecule has 0 bridgehead atoms. The summed E-state index contributed by atoms with van der Waals surface area (Å²) in [5.74, 6) is -0.287. The highest BCUT2D eigenvalue weighted by Gasteiger charge is 2.17. The van der Waals surface area contributed by atoms with Gasteiger partial charge in [0, 0.05) is 6.20 Å². The van der Waals surface area contributed by atoms with Gasteiger partial charge in [-0.05, 0) is 42.8 Å². The molecule has 0 aromatic carbocycles. The van der Waals surface area contributed by atoms with Gasteiger partial charge in [-0.25, -0.2) is 9.97 Å². The van der Waals surface area contributed by atoms with Crippen LogP contribution in [-0.2, 0) is 16.1 Å². The van der Waals surface area contributed by atoms with E-state index in [2.05, 4.69) is 25.9 Å². The molecule has 0 atom stereocenters. The first kappa shape index (κ1) is 13.0. The van der Waals surface area contributed by atoms with E-state index >= 15 is 0 Å². The van der Waals surface area contributed by atoms with Crippen LogP contribution in [-0.4, -0.2) is 26.1 Å². The van der Waals surface area contributed by atoms with Crippen molar-refractivity contribution in [3.05, 3.63) is 23.1 Å². The summed E-state index contributed by atoms with van der Waals surface area (Å²) in [6.45, 7) is 5.66. The highest BCUT2D eigenvalue weighted by Crippen LogP contribution is 2.15. The molecule has 0 saturated carbocycles. The van der Waals surface area contributed by atoms with E-state index in [1.165, 1.54) is 0 Å². The van der Waals surface area contributed by atoms with Gasteiger partial charge in [-0.3, -0.25) is 4.79 Å². The molecule has 2 aromatic rings. The Bertz CT molecular complexity index is 587.